The molecule has 2 N–H and O–H groups in total. The van der Waals surface area contributed by atoms with Crippen molar-refractivity contribution >= 4 is 0 Å². The zero-order valence-electron chi connectivity index (χ0n) is 10.4. The summed E-state index contributed by atoms with van der Waals surface area (Å²) in [6.45, 7) is 8.01. The molecule has 1 atom stereocenters. The van der Waals surface area contributed by atoms with E-state index in [0.29, 0.717) is 0 Å². The van der Waals surface area contributed by atoms with E-state index in [1.54, 1.807) is 0 Å². The van der Waals surface area contributed by atoms with Gasteiger partial charge in [-0.2, -0.15) is 0 Å². The third-order valence-electron chi connectivity index (χ3n) is 3.58. The van der Waals surface area contributed by atoms with Gasteiger partial charge >= 0.3 is 0 Å². The predicted octanol–water partition coefficient (Wildman–Crippen LogP) is 1.14. The summed E-state index contributed by atoms with van der Waals surface area (Å²) in [5.41, 5.74) is 5.55. The number of hydrogen-bond acceptors (Lipinski definition) is 3. The summed E-state index contributed by atoms with van der Waals surface area (Å²) in [5, 5.41) is 0. The van der Waals surface area contributed by atoms with Gasteiger partial charge in [0.15, 0.2) is 0 Å². The summed E-state index contributed by atoms with van der Waals surface area (Å²) < 4.78 is 0. The molecule has 1 saturated heterocycles. The van der Waals surface area contributed by atoms with Crippen LogP contribution in [0.5, 0.6) is 0 Å². The lowest BCUT2D eigenvalue weighted by Crippen LogP contribution is -2.34. The van der Waals surface area contributed by atoms with Crippen molar-refractivity contribution in [1.82, 2.24) is 9.80 Å². The summed E-state index contributed by atoms with van der Waals surface area (Å²) in [6, 6.07) is 0.785. The zero-order chi connectivity index (χ0) is 11.1. The van der Waals surface area contributed by atoms with Crippen LogP contribution in [0.1, 0.15) is 32.6 Å². The number of rotatable bonds is 5. The molecule has 1 aliphatic rings. The topological polar surface area (TPSA) is 32.5 Å². The molecular formula is C12H27N3. The fourth-order valence-electron chi connectivity index (χ4n) is 2.42. The Morgan fingerprint density at radius 1 is 1.33 bits per heavy atom. The van der Waals surface area contributed by atoms with E-state index in [4.69, 9.17) is 5.73 Å². The minimum absolute atomic E-state index is 0.785. The van der Waals surface area contributed by atoms with Gasteiger partial charge in [0.05, 0.1) is 0 Å². The first-order valence-electron chi connectivity index (χ1n) is 6.40. The molecule has 15 heavy (non-hydrogen) atoms. The van der Waals surface area contributed by atoms with E-state index in [1.165, 1.54) is 38.9 Å². The largest absolute Gasteiger partial charge is 0.330 e. The lowest BCUT2D eigenvalue weighted by Gasteiger charge is -2.27. The Bertz CT molecular complexity index is 161. The van der Waals surface area contributed by atoms with E-state index in [0.717, 1.165) is 25.6 Å². The lowest BCUT2D eigenvalue weighted by atomic mass is 10.1. The Morgan fingerprint density at radius 2 is 2.13 bits per heavy atom. The average molecular weight is 213 g/mol. The van der Waals surface area contributed by atoms with Crippen LogP contribution in [0.25, 0.3) is 0 Å². The van der Waals surface area contributed by atoms with Gasteiger partial charge in [0, 0.05) is 6.04 Å². The Hall–Kier alpha value is -0.120. The number of nitrogens with zero attached hydrogens (tertiary/aromatic N) is 2. The predicted molar refractivity (Wildman–Crippen MR) is 66.1 cm³/mol. The molecule has 1 unspecified atom stereocenters. The SMILES string of the molecule is CCN1CCCC(N(C)CCCN)CC1. The molecule has 0 spiro atoms. The van der Waals surface area contributed by atoms with E-state index in [2.05, 4.69) is 23.8 Å². The van der Waals surface area contributed by atoms with E-state index in [-0.39, 0.29) is 0 Å². The Labute approximate surface area is 94.6 Å². The second-order valence-corrected chi connectivity index (χ2v) is 4.64. The molecule has 0 radical (unpaired) electrons. The van der Waals surface area contributed by atoms with E-state index >= 15 is 0 Å². The van der Waals surface area contributed by atoms with Gasteiger partial charge in [-0.1, -0.05) is 6.92 Å². The molecule has 1 rings (SSSR count). The quantitative estimate of drug-likeness (QED) is 0.743. The molecule has 0 bridgehead atoms. The summed E-state index contributed by atoms with van der Waals surface area (Å²) in [6.07, 6.45) is 5.17. The van der Waals surface area contributed by atoms with Gasteiger partial charge in [-0.15, -0.1) is 0 Å². The number of hydrogen-bond donors (Lipinski definition) is 1. The summed E-state index contributed by atoms with van der Waals surface area (Å²) in [4.78, 5) is 5.07. The first-order chi connectivity index (χ1) is 7.27. The van der Waals surface area contributed by atoms with Crippen molar-refractivity contribution in [2.75, 3.05) is 39.8 Å². The molecule has 0 aromatic heterocycles. The molecule has 90 valence electrons. The minimum atomic E-state index is 0.785. The van der Waals surface area contributed by atoms with Crippen LogP contribution in [-0.4, -0.2) is 55.6 Å². The molecular weight excluding hydrogens is 186 g/mol. The maximum Gasteiger partial charge on any atom is 0.0105 e. The summed E-state index contributed by atoms with van der Waals surface area (Å²) in [7, 11) is 2.25. The average Bonchev–Trinajstić information content (AvgIpc) is 2.50. The third-order valence-corrected chi connectivity index (χ3v) is 3.58. The molecule has 0 saturated carbocycles. The van der Waals surface area contributed by atoms with Gasteiger partial charge in [-0.25, -0.2) is 0 Å². The molecule has 0 amide bonds. The van der Waals surface area contributed by atoms with E-state index in [9.17, 15) is 0 Å². The molecule has 0 aliphatic carbocycles. The zero-order valence-corrected chi connectivity index (χ0v) is 10.4. The molecule has 3 nitrogen and oxygen atoms in total. The van der Waals surface area contributed by atoms with Crippen LogP contribution < -0.4 is 5.73 Å². The first kappa shape index (κ1) is 12.9. The highest BCUT2D eigenvalue weighted by molar-refractivity contribution is 4.75. The molecule has 1 aliphatic heterocycles. The maximum atomic E-state index is 5.55. The Morgan fingerprint density at radius 3 is 2.80 bits per heavy atom. The Balaban J connectivity index is 2.29. The molecule has 1 fully saturated rings. The minimum Gasteiger partial charge on any atom is -0.330 e. The molecule has 0 aromatic rings. The smallest absolute Gasteiger partial charge is 0.0105 e. The van der Waals surface area contributed by atoms with E-state index in [1.807, 2.05) is 0 Å². The van der Waals surface area contributed by atoms with Gasteiger partial charge < -0.3 is 15.5 Å². The first-order valence-corrected chi connectivity index (χ1v) is 6.40. The monoisotopic (exact) mass is 213 g/mol. The van der Waals surface area contributed by atoms with Crippen LogP contribution in [0.2, 0.25) is 0 Å². The van der Waals surface area contributed by atoms with Crippen molar-refractivity contribution in [3.63, 3.8) is 0 Å². The fourth-order valence-corrected chi connectivity index (χ4v) is 2.42. The summed E-state index contributed by atoms with van der Waals surface area (Å²) >= 11 is 0. The van der Waals surface area contributed by atoms with Crippen LogP contribution in [0.4, 0.5) is 0 Å². The van der Waals surface area contributed by atoms with Gasteiger partial charge in [-0.05, 0) is 65.5 Å². The highest BCUT2D eigenvalue weighted by atomic mass is 15.2. The number of nitrogens with two attached hydrogens (primary N) is 1. The highest BCUT2D eigenvalue weighted by Crippen LogP contribution is 2.15. The van der Waals surface area contributed by atoms with Crippen molar-refractivity contribution in [3.8, 4) is 0 Å². The van der Waals surface area contributed by atoms with Gasteiger partial charge in [0.25, 0.3) is 0 Å². The Kier molecular flexibility index (Phi) is 6.22. The number of likely N-dealkylation sites (tertiary alicyclic amines) is 1. The molecule has 1 heterocycles. The molecule has 3 heteroatoms. The summed E-state index contributed by atoms with van der Waals surface area (Å²) in [5.74, 6) is 0. The van der Waals surface area contributed by atoms with Crippen LogP contribution in [-0.2, 0) is 0 Å². The van der Waals surface area contributed by atoms with Crippen molar-refractivity contribution in [1.29, 1.82) is 0 Å². The maximum absolute atomic E-state index is 5.55. The van der Waals surface area contributed by atoms with Crippen molar-refractivity contribution in [2.45, 2.75) is 38.6 Å². The van der Waals surface area contributed by atoms with Crippen molar-refractivity contribution < 1.29 is 0 Å². The lowest BCUT2D eigenvalue weighted by molar-refractivity contribution is 0.215. The third kappa shape index (κ3) is 4.49. The normalized spacial score (nSPS) is 24.4. The van der Waals surface area contributed by atoms with Gasteiger partial charge in [0.2, 0.25) is 0 Å². The van der Waals surface area contributed by atoms with Crippen LogP contribution in [0.15, 0.2) is 0 Å². The van der Waals surface area contributed by atoms with Crippen LogP contribution >= 0.6 is 0 Å². The standard InChI is InChI=1S/C12H27N3/c1-3-15-10-4-6-12(7-11-15)14(2)9-5-8-13/h12H,3-11,13H2,1-2H3. The van der Waals surface area contributed by atoms with Crippen LogP contribution in [0, 0.1) is 0 Å². The fraction of sp³-hybridized carbons (Fsp3) is 1.00. The second-order valence-electron chi connectivity index (χ2n) is 4.64. The van der Waals surface area contributed by atoms with Crippen molar-refractivity contribution in [3.05, 3.63) is 0 Å². The van der Waals surface area contributed by atoms with Gasteiger partial charge in [0.1, 0.15) is 0 Å². The van der Waals surface area contributed by atoms with Crippen molar-refractivity contribution in [2.24, 2.45) is 5.73 Å². The van der Waals surface area contributed by atoms with Gasteiger partial charge in [-0.3, -0.25) is 0 Å². The second kappa shape index (κ2) is 7.20. The van der Waals surface area contributed by atoms with E-state index < -0.39 is 0 Å². The highest BCUT2D eigenvalue weighted by Gasteiger charge is 2.18. The van der Waals surface area contributed by atoms with Crippen LogP contribution in [0.3, 0.4) is 0 Å². The molecule has 0 aromatic carbocycles.